The zero-order chi connectivity index (χ0) is 12.3. The molecule has 0 radical (unpaired) electrons. The van der Waals surface area contributed by atoms with Crippen LogP contribution in [0, 0.1) is 0 Å². The Balaban J connectivity index is 1.83. The van der Waals surface area contributed by atoms with Crippen molar-refractivity contribution >= 4 is 17.2 Å². The molecule has 0 bridgehead atoms. The lowest BCUT2D eigenvalue weighted by molar-refractivity contribution is 0.0946. The molecule has 1 aliphatic carbocycles. The van der Waals surface area contributed by atoms with Gasteiger partial charge in [0.1, 0.15) is 0 Å². The van der Waals surface area contributed by atoms with Crippen LogP contribution in [0.3, 0.4) is 0 Å². The average Bonchev–Trinajstić information content (AvgIpc) is 2.88. The average molecular weight is 253 g/mol. The van der Waals surface area contributed by atoms with Crippen molar-refractivity contribution < 1.29 is 9.90 Å². The third-order valence-corrected chi connectivity index (χ3v) is 4.44. The highest BCUT2D eigenvalue weighted by Crippen LogP contribution is 2.30. The second-order valence-corrected chi connectivity index (χ2v) is 5.66. The van der Waals surface area contributed by atoms with Crippen molar-refractivity contribution in [2.24, 2.45) is 0 Å². The summed E-state index contributed by atoms with van der Waals surface area (Å²) in [5.74, 6) is 0.00713. The molecule has 0 saturated carbocycles. The minimum atomic E-state index is -0.302. The number of amides is 1. The molecule has 1 amide bonds. The first-order chi connectivity index (χ1) is 8.20. The lowest BCUT2D eigenvalue weighted by Gasteiger charge is -2.07. The lowest BCUT2D eigenvalue weighted by Crippen LogP contribution is -2.26. The second kappa shape index (κ2) is 5.65. The van der Waals surface area contributed by atoms with Crippen molar-refractivity contribution in [2.45, 2.75) is 45.1 Å². The van der Waals surface area contributed by atoms with Crippen molar-refractivity contribution in [2.75, 3.05) is 6.54 Å². The van der Waals surface area contributed by atoms with Gasteiger partial charge in [-0.05, 0) is 43.7 Å². The van der Waals surface area contributed by atoms with E-state index in [1.807, 2.05) is 13.0 Å². The van der Waals surface area contributed by atoms with Gasteiger partial charge in [-0.25, -0.2) is 0 Å². The molecule has 1 aliphatic rings. The fourth-order valence-corrected chi connectivity index (χ4v) is 3.25. The van der Waals surface area contributed by atoms with Gasteiger partial charge < -0.3 is 10.4 Å². The number of carbonyl (C=O) groups excluding carboxylic acids is 1. The summed E-state index contributed by atoms with van der Waals surface area (Å²) in [6, 6.07) is 2.03. The van der Waals surface area contributed by atoms with Crippen LogP contribution in [0.1, 0.15) is 46.3 Å². The van der Waals surface area contributed by atoms with Crippen molar-refractivity contribution in [1.29, 1.82) is 0 Å². The number of fused-ring (bicyclic) bond motifs is 1. The predicted molar refractivity (Wildman–Crippen MR) is 69.6 cm³/mol. The summed E-state index contributed by atoms with van der Waals surface area (Å²) >= 11 is 1.62. The van der Waals surface area contributed by atoms with E-state index in [2.05, 4.69) is 5.32 Å². The van der Waals surface area contributed by atoms with E-state index < -0.39 is 0 Å². The van der Waals surface area contributed by atoms with Gasteiger partial charge in [0.25, 0.3) is 5.91 Å². The highest BCUT2D eigenvalue weighted by molar-refractivity contribution is 7.14. The molecule has 17 heavy (non-hydrogen) atoms. The number of aliphatic hydroxyl groups excluding tert-OH is 1. The van der Waals surface area contributed by atoms with Crippen LogP contribution < -0.4 is 5.32 Å². The highest BCUT2D eigenvalue weighted by atomic mass is 32.1. The van der Waals surface area contributed by atoms with E-state index in [1.165, 1.54) is 16.9 Å². The Kier molecular flexibility index (Phi) is 4.18. The molecule has 3 nitrogen and oxygen atoms in total. The molecule has 0 aromatic carbocycles. The molecule has 1 heterocycles. The standard InChI is InChI=1S/C13H19NO2S/c1-2-10(15)6-7-14-13(16)12-8-9-4-3-5-11(9)17-12/h8,10,15H,2-7H2,1H3,(H,14,16). The Hall–Kier alpha value is -0.870. The number of aryl methyl sites for hydroxylation is 2. The molecule has 1 unspecified atom stereocenters. The molecule has 1 aromatic heterocycles. The Morgan fingerprint density at radius 1 is 1.59 bits per heavy atom. The first kappa shape index (κ1) is 12.6. The molecule has 2 N–H and O–H groups in total. The van der Waals surface area contributed by atoms with Crippen LogP contribution in [0.2, 0.25) is 0 Å². The smallest absolute Gasteiger partial charge is 0.261 e. The monoisotopic (exact) mass is 253 g/mol. The first-order valence-corrected chi connectivity index (χ1v) is 7.10. The number of carbonyl (C=O) groups is 1. The van der Waals surface area contributed by atoms with Gasteiger partial charge in [-0.3, -0.25) is 4.79 Å². The Labute approximate surface area is 106 Å². The van der Waals surface area contributed by atoms with Crippen molar-refractivity contribution in [3.8, 4) is 0 Å². The summed E-state index contributed by atoms with van der Waals surface area (Å²) in [5, 5.41) is 12.3. The SMILES string of the molecule is CCC(O)CCNC(=O)c1cc2c(s1)CCC2. The normalized spacial score (nSPS) is 15.6. The number of rotatable bonds is 5. The van der Waals surface area contributed by atoms with E-state index in [9.17, 15) is 9.90 Å². The lowest BCUT2D eigenvalue weighted by atomic mass is 10.2. The van der Waals surface area contributed by atoms with Crippen LogP contribution in [-0.2, 0) is 12.8 Å². The van der Waals surface area contributed by atoms with Crippen LogP contribution >= 0.6 is 11.3 Å². The maximum atomic E-state index is 11.8. The van der Waals surface area contributed by atoms with E-state index in [0.29, 0.717) is 13.0 Å². The summed E-state index contributed by atoms with van der Waals surface area (Å²) in [7, 11) is 0. The third-order valence-electron chi connectivity index (χ3n) is 3.20. The van der Waals surface area contributed by atoms with Gasteiger partial charge >= 0.3 is 0 Å². The molecule has 0 saturated heterocycles. The summed E-state index contributed by atoms with van der Waals surface area (Å²) in [4.78, 5) is 14.0. The molecule has 0 fully saturated rings. The molecule has 1 atom stereocenters. The minimum Gasteiger partial charge on any atom is -0.393 e. The van der Waals surface area contributed by atoms with Crippen molar-refractivity contribution in [3.05, 3.63) is 21.4 Å². The van der Waals surface area contributed by atoms with E-state index in [4.69, 9.17) is 0 Å². The molecule has 94 valence electrons. The van der Waals surface area contributed by atoms with Gasteiger partial charge in [0, 0.05) is 11.4 Å². The predicted octanol–water partition coefficient (Wildman–Crippen LogP) is 2.13. The number of aliphatic hydroxyl groups is 1. The van der Waals surface area contributed by atoms with Crippen LogP contribution in [0.4, 0.5) is 0 Å². The summed E-state index contributed by atoms with van der Waals surface area (Å²) in [6.07, 6.45) is 4.54. The maximum Gasteiger partial charge on any atom is 0.261 e. The van der Waals surface area contributed by atoms with E-state index >= 15 is 0 Å². The Bertz CT molecular complexity index is 379. The van der Waals surface area contributed by atoms with E-state index in [0.717, 1.165) is 24.1 Å². The Morgan fingerprint density at radius 3 is 3.12 bits per heavy atom. The zero-order valence-corrected chi connectivity index (χ0v) is 11.0. The summed E-state index contributed by atoms with van der Waals surface area (Å²) in [5.41, 5.74) is 1.36. The fraction of sp³-hybridized carbons (Fsp3) is 0.615. The topological polar surface area (TPSA) is 49.3 Å². The van der Waals surface area contributed by atoms with Gasteiger partial charge in [-0.1, -0.05) is 6.92 Å². The van der Waals surface area contributed by atoms with Gasteiger partial charge in [-0.2, -0.15) is 0 Å². The van der Waals surface area contributed by atoms with Gasteiger partial charge in [0.15, 0.2) is 0 Å². The maximum absolute atomic E-state index is 11.8. The fourth-order valence-electron chi connectivity index (χ4n) is 2.08. The zero-order valence-electron chi connectivity index (χ0n) is 10.2. The minimum absolute atomic E-state index is 0.00713. The molecular formula is C13H19NO2S. The van der Waals surface area contributed by atoms with Gasteiger partial charge in [0.05, 0.1) is 11.0 Å². The largest absolute Gasteiger partial charge is 0.393 e. The van der Waals surface area contributed by atoms with Crippen LogP contribution in [0.25, 0.3) is 0 Å². The highest BCUT2D eigenvalue weighted by Gasteiger charge is 2.18. The van der Waals surface area contributed by atoms with E-state index in [1.54, 1.807) is 11.3 Å². The number of thiophene rings is 1. The number of nitrogens with one attached hydrogen (secondary N) is 1. The molecule has 0 aliphatic heterocycles. The molecule has 2 rings (SSSR count). The van der Waals surface area contributed by atoms with Gasteiger partial charge in [0.2, 0.25) is 0 Å². The van der Waals surface area contributed by atoms with Crippen molar-refractivity contribution in [3.63, 3.8) is 0 Å². The number of hydrogen-bond acceptors (Lipinski definition) is 3. The van der Waals surface area contributed by atoms with Crippen LogP contribution in [0.15, 0.2) is 6.07 Å². The Morgan fingerprint density at radius 2 is 2.41 bits per heavy atom. The quantitative estimate of drug-likeness (QED) is 0.844. The molecule has 0 spiro atoms. The van der Waals surface area contributed by atoms with Gasteiger partial charge in [-0.15, -0.1) is 11.3 Å². The van der Waals surface area contributed by atoms with Crippen molar-refractivity contribution in [1.82, 2.24) is 5.32 Å². The summed E-state index contributed by atoms with van der Waals surface area (Å²) in [6.45, 7) is 2.49. The first-order valence-electron chi connectivity index (χ1n) is 6.28. The molecule has 1 aromatic rings. The second-order valence-electron chi connectivity index (χ2n) is 4.52. The molecular weight excluding hydrogens is 234 g/mol. The van der Waals surface area contributed by atoms with E-state index in [-0.39, 0.29) is 12.0 Å². The van der Waals surface area contributed by atoms with Crippen LogP contribution in [0.5, 0.6) is 0 Å². The van der Waals surface area contributed by atoms with Crippen LogP contribution in [-0.4, -0.2) is 23.7 Å². The third kappa shape index (κ3) is 3.07. The number of hydrogen-bond donors (Lipinski definition) is 2. The summed E-state index contributed by atoms with van der Waals surface area (Å²) < 4.78 is 0. The molecule has 4 heteroatoms.